The maximum Gasteiger partial charge on any atom is 1.00 e. The molecule has 0 aromatic heterocycles. The molecule has 0 radical (unpaired) electrons. The van der Waals surface area contributed by atoms with E-state index >= 15 is 0 Å². The Bertz CT molecular complexity index is 262. The summed E-state index contributed by atoms with van der Waals surface area (Å²) in [7, 11) is 0. The smallest absolute Gasteiger partial charge is 1.00 e. The van der Waals surface area contributed by atoms with Crippen molar-refractivity contribution in [3.8, 4) is 0 Å². The van der Waals surface area contributed by atoms with Gasteiger partial charge in [0.1, 0.15) is 5.78 Å². The van der Waals surface area contributed by atoms with E-state index < -0.39 is 0 Å². The van der Waals surface area contributed by atoms with Crippen LogP contribution in [0.1, 0.15) is 107 Å². The van der Waals surface area contributed by atoms with Crippen LogP contribution in [0.2, 0.25) is 0 Å². The molecule has 4 heteroatoms. The van der Waals surface area contributed by atoms with Crippen LogP contribution in [0.4, 0.5) is 0 Å². The first-order valence-corrected chi connectivity index (χ1v) is 8.85. The SMILES string of the molecule is C.C.CCCC1CCC(=O)CC1.CCCC1CCC(O)CC1.[AlH3].[H-].[Li+]. The van der Waals surface area contributed by atoms with Crippen molar-refractivity contribution in [1.29, 1.82) is 0 Å². The number of Topliss-reactive ketones (excluding diaryl/α,β-unsaturated/α-hetero) is 1. The molecule has 2 rings (SSSR count). The maximum absolute atomic E-state index is 10.8. The van der Waals surface area contributed by atoms with Crippen molar-refractivity contribution in [2.24, 2.45) is 11.8 Å². The fourth-order valence-electron chi connectivity index (χ4n) is 3.54. The zero-order valence-electron chi connectivity index (χ0n) is 15.6. The van der Waals surface area contributed by atoms with Crippen molar-refractivity contribution in [3.63, 3.8) is 0 Å². The molecule has 0 spiro atoms. The largest absolute Gasteiger partial charge is 1.00 e. The predicted molar refractivity (Wildman–Crippen MR) is 109 cm³/mol. The number of ketones is 1. The molecule has 2 nitrogen and oxygen atoms in total. The van der Waals surface area contributed by atoms with Crippen molar-refractivity contribution in [2.75, 3.05) is 0 Å². The standard InChI is InChI=1S/C9H18O.C9H16O.2CH4.Al.Li.4H/c2*1-2-3-8-4-6-9(10)7-5-8;;;;;;;;/h8-10H,2-7H2,1H3;8H,2-7H2,1H3;2*1H4;;;;;;/q;;;;;+1;;;;-1. The van der Waals surface area contributed by atoms with Gasteiger partial charge >= 0.3 is 18.9 Å². The normalized spacial score (nSPS) is 23.2. The van der Waals surface area contributed by atoms with Gasteiger partial charge in [0.25, 0.3) is 0 Å². The Kier molecular flexibility index (Phi) is 27.1. The minimum absolute atomic E-state index is 0. The second-order valence-electron chi connectivity index (χ2n) is 6.73. The molecule has 0 aromatic carbocycles. The third-order valence-corrected chi connectivity index (χ3v) is 4.87. The summed E-state index contributed by atoms with van der Waals surface area (Å²) in [6, 6.07) is 0. The van der Waals surface area contributed by atoms with Crippen LogP contribution in [0.3, 0.4) is 0 Å². The summed E-state index contributed by atoms with van der Waals surface area (Å²) < 4.78 is 0. The van der Waals surface area contributed by atoms with Crippen molar-refractivity contribution < 1.29 is 30.2 Å². The van der Waals surface area contributed by atoms with Crippen LogP contribution >= 0.6 is 0 Å². The molecule has 0 heterocycles. The van der Waals surface area contributed by atoms with Crippen LogP contribution in [-0.4, -0.2) is 34.4 Å². The average Bonchev–Trinajstić information content (AvgIpc) is 2.45. The van der Waals surface area contributed by atoms with Gasteiger partial charge in [-0.05, 0) is 50.4 Å². The molecule has 1 N–H and O–H groups in total. The third kappa shape index (κ3) is 15.0. The van der Waals surface area contributed by atoms with E-state index in [2.05, 4.69) is 13.8 Å². The van der Waals surface area contributed by atoms with Crippen LogP contribution < -0.4 is 18.9 Å². The molecular weight excluding hydrogens is 306 g/mol. The molecule has 0 saturated heterocycles. The molecular formula is C20H46AlLiO2. The summed E-state index contributed by atoms with van der Waals surface area (Å²) in [5.41, 5.74) is 0. The Hall–Kier alpha value is 0.760. The van der Waals surface area contributed by atoms with Gasteiger partial charge in [-0.25, -0.2) is 0 Å². The number of carbonyl (C=O) groups is 1. The van der Waals surface area contributed by atoms with Crippen molar-refractivity contribution >= 4 is 23.1 Å². The Labute approximate surface area is 176 Å². The van der Waals surface area contributed by atoms with Crippen molar-refractivity contribution in [3.05, 3.63) is 0 Å². The van der Waals surface area contributed by atoms with E-state index in [-0.39, 0.29) is 58.6 Å². The molecule has 0 aliphatic heterocycles. The molecule has 0 atom stereocenters. The summed E-state index contributed by atoms with van der Waals surface area (Å²) in [5.74, 6) is 2.27. The topological polar surface area (TPSA) is 37.3 Å². The van der Waals surface area contributed by atoms with Crippen LogP contribution in [0.25, 0.3) is 0 Å². The zero-order valence-corrected chi connectivity index (χ0v) is 14.6. The van der Waals surface area contributed by atoms with E-state index in [9.17, 15) is 9.90 Å². The minimum atomic E-state index is 0. The molecule has 0 unspecified atom stereocenters. The number of carbonyl (C=O) groups excluding carboxylic acids is 1. The van der Waals surface area contributed by atoms with Gasteiger partial charge in [-0.15, -0.1) is 0 Å². The van der Waals surface area contributed by atoms with Crippen LogP contribution in [0.15, 0.2) is 0 Å². The van der Waals surface area contributed by atoms with E-state index in [0.717, 1.165) is 50.4 Å². The summed E-state index contributed by atoms with van der Waals surface area (Å²) in [4.78, 5) is 10.8. The van der Waals surface area contributed by atoms with Gasteiger partial charge < -0.3 is 6.53 Å². The molecule has 2 aliphatic rings. The first-order chi connectivity index (χ1) is 9.65. The summed E-state index contributed by atoms with van der Waals surface area (Å²) in [5, 5.41) is 9.20. The number of hydrogen-bond acceptors (Lipinski definition) is 2. The molecule has 0 bridgehead atoms. The van der Waals surface area contributed by atoms with Gasteiger partial charge in [-0.1, -0.05) is 54.4 Å². The number of aliphatic hydroxyl groups excluding tert-OH is 1. The molecule has 142 valence electrons. The quantitative estimate of drug-likeness (QED) is 0.787. The van der Waals surface area contributed by atoms with E-state index in [4.69, 9.17) is 0 Å². The second kappa shape index (κ2) is 20.1. The zero-order chi connectivity index (χ0) is 14.8. The first-order valence-electron chi connectivity index (χ1n) is 8.85. The second-order valence-corrected chi connectivity index (χ2v) is 6.73. The van der Waals surface area contributed by atoms with Gasteiger partial charge in [0, 0.05) is 12.8 Å². The van der Waals surface area contributed by atoms with Gasteiger partial charge in [0.2, 0.25) is 0 Å². The predicted octanol–water partition coefficient (Wildman–Crippen LogP) is 2.09. The van der Waals surface area contributed by atoms with E-state index in [1.807, 2.05) is 0 Å². The van der Waals surface area contributed by atoms with Gasteiger partial charge in [-0.2, -0.15) is 0 Å². The van der Waals surface area contributed by atoms with Gasteiger partial charge in [-0.3, -0.25) is 4.79 Å². The summed E-state index contributed by atoms with van der Waals surface area (Å²) in [6.45, 7) is 4.46. The fraction of sp³-hybridized carbons (Fsp3) is 0.950. The van der Waals surface area contributed by atoms with E-state index in [1.165, 1.54) is 38.5 Å². The van der Waals surface area contributed by atoms with Crippen LogP contribution in [0, 0.1) is 11.8 Å². The molecule has 24 heavy (non-hydrogen) atoms. The number of aliphatic hydroxyl groups is 1. The molecule has 0 aromatic rings. The summed E-state index contributed by atoms with van der Waals surface area (Å²) >= 11 is 0. The van der Waals surface area contributed by atoms with Gasteiger partial charge in [0.05, 0.1) is 6.10 Å². The van der Waals surface area contributed by atoms with Crippen molar-refractivity contribution in [1.82, 2.24) is 0 Å². The Morgan fingerprint density at radius 3 is 1.62 bits per heavy atom. The Morgan fingerprint density at radius 2 is 1.25 bits per heavy atom. The maximum atomic E-state index is 10.8. The van der Waals surface area contributed by atoms with Crippen molar-refractivity contribution in [2.45, 2.75) is 112 Å². The molecule has 0 amide bonds. The molecule has 2 aliphatic carbocycles. The van der Waals surface area contributed by atoms with Gasteiger partial charge in [0.15, 0.2) is 17.4 Å². The third-order valence-electron chi connectivity index (χ3n) is 4.87. The average molecular weight is 353 g/mol. The first kappa shape index (κ1) is 32.4. The number of rotatable bonds is 4. The molecule has 2 saturated carbocycles. The summed E-state index contributed by atoms with van der Waals surface area (Å²) in [6.07, 6.45) is 13.9. The Morgan fingerprint density at radius 1 is 0.875 bits per heavy atom. The number of hydrogen-bond donors (Lipinski definition) is 1. The molecule has 2 fully saturated rings. The van der Waals surface area contributed by atoms with Crippen LogP contribution in [0.5, 0.6) is 0 Å². The van der Waals surface area contributed by atoms with E-state index in [0.29, 0.717) is 5.78 Å². The Balaban J connectivity index is -0.0000000889. The fourth-order valence-corrected chi connectivity index (χ4v) is 3.54. The van der Waals surface area contributed by atoms with E-state index in [1.54, 1.807) is 0 Å². The minimum Gasteiger partial charge on any atom is -1.00 e. The monoisotopic (exact) mass is 352 g/mol. The van der Waals surface area contributed by atoms with Crippen LogP contribution in [-0.2, 0) is 4.79 Å².